The molecule has 5 heteroatoms. The van der Waals surface area contributed by atoms with Crippen molar-refractivity contribution >= 4 is 0 Å². The van der Waals surface area contributed by atoms with Crippen LogP contribution in [0.4, 0.5) is 4.39 Å². The Morgan fingerprint density at radius 2 is 1.95 bits per heavy atom. The minimum absolute atomic E-state index is 0.297. The van der Waals surface area contributed by atoms with Crippen LogP contribution >= 0.6 is 0 Å². The molecule has 0 aliphatic heterocycles. The van der Waals surface area contributed by atoms with E-state index in [1.165, 1.54) is 6.07 Å². The summed E-state index contributed by atoms with van der Waals surface area (Å²) in [7, 11) is 0. The topological polar surface area (TPSA) is 61.0 Å². The molecule has 2 rings (SSSR count). The Morgan fingerprint density at radius 3 is 2.58 bits per heavy atom. The lowest BCUT2D eigenvalue weighted by Gasteiger charge is -2.12. The highest BCUT2D eigenvalue weighted by molar-refractivity contribution is 5.38. The third kappa shape index (κ3) is 2.71. The summed E-state index contributed by atoms with van der Waals surface area (Å²) in [6.45, 7) is 5.76. The van der Waals surface area contributed by atoms with Gasteiger partial charge in [0.2, 0.25) is 5.88 Å². The van der Waals surface area contributed by atoms with Gasteiger partial charge < -0.3 is 10.5 Å². The van der Waals surface area contributed by atoms with Crippen LogP contribution in [0.2, 0.25) is 0 Å². The van der Waals surface area contributed by atoms with Crippen LogP contribution in [0, 0.1) is 26.6 Å². The number of hydrogen-bond acceptors (Lipinski definition) is 4. The van der Waals surface area contributed by atoms with Crippen LogP contribution in [0.5, 0.6) is 11.6 Å². The quantitative estimate of drug-likeness (QED) is 0.922. The molecule has 1 aromatic carbocycles. The molecule has 2 aromatic rings. The minimum atomic E-state index is -0.316. The molecule has 0 amide bonds. The Kier molecular flexibility index (Phi) is 3.76. The number of nitrogens with zero attached hydrogens (tertiary/aromatic N) is 2. The molecular weight excluding hydrogens is 245 g/mol. The summed E-state index contributed by atoms with van der Waals surface area (Å²) in [6.07, 6.45) is 0. The smallest absolute Gasteiger partial charge is 0.243 e. The highest BCUT2D eigenvalue weighted by Crippen LogP contribution is 2.26. The summed E-state index contributed by atoms with van der Waals surface area (Å²) < 4.78 is 19.0. The van der Waals surface area contributed by atoms with Crippen LogP contribution in [0.15, 0.2) is 18.2 Å². The van der Waals surface area contributed by atoms with Gasteiger partial charge in [0.15, 0.2) is 0 Å². The van der Waals surface area contributed by atoms with Crippen LogP contribution in [0.1, 0.15) is 22.4 Å². The summed E-state index contributed by atoms with van der Waals surface area (Å²) in [5.74, 6) is 0.396. The number of benzene rings is 1. The number of hydrogen-bond donors (Lipinski definition) is 1. The van der Waals surface area contributed by atoms with E-state index in [0.717, 1.165) is 16.8 Å². The number of aromatic nitrogens is 2. The number of halogens is 1. The fraction of sp³-hybridized carbons (Fsp3) is 0.286. The Balaban J connectivity index is 2.38. The predicted octanol–water partition coefficient (Wildman–Crippen LogP) is 2.79. The van der Waals surface area contributed by atoms with Crippen molar-refractivity contribution < 1.29 is 9.13 Å². The third-order valence-corrected chi connectivity index (χ3v) is 3.11. The van der Waals surface area contributed by atoms with Crippen molar-refractivity contribution in [1.29, 1.82) is 0 Å². The predicted molar refractivity (Wildman–Crippen MR) is 70.6 cm³/mol. The molecule has 2 N–H and O–H groups in total. The van der Waals surface area contributed by atoms with Gasteiger partial charge >= 0.3 is 0 Å². The standard InChI is InChI=1S/C14H16FN3O/c1-8-4-5-11(6-13(8)15)19-14-12(7-16)9(2)10(3)17-18-14/h4-6H,7,16H2,1-3H3. The summed E-state index contributed by atoms with van der Waals surface area (Å²) >= 11 is 0. The zero-order valence-corrected chi connectivity index (χ0v) is 11.2. The number of rotatable bonds is 3. The first-order valence-corrected chi connectivity index (χ1v) is 5.99. The van der Waals surface area contributed by atoms with Crippen LogP contribution in [0.25, 0.3) is 0 Å². The van der Waals surface area contributed by atoms with Crippen LogP contribution in [-0.2, 0) is 6.54 Å². The normalized spacial score (nSPS) is 10.6. The SMILES string of the molecule is Cc1ccc(Oc2nnc(C)c(C)c2CN)cc1F. The first-order valence-electron chi connectivity index (χ1n) is 5.99. The average Bonchev–Trinajstić information content (AvgIpc) is 2.39. The zero-order chi connectivity index (χ0) is 14.0. The second-order valence-corrected chi connectivity index (χ2v) is 4.41. The molecule has 1 aromatic heterocycles. The third-order valence-electron chi connectivity index (χ3n) is 3.11. The van der Waals surface area contributed by atoms with E-state index in [1.54, 1.807) is 19.1 Å². The van der Waals surface area contributed by atoms with E-state index in [4.69, 9.17) is 10.5 Å². The lowest BCUT2D eigenvalue weighted by atomic mass is 10.1. The van der Waals surface area contributed by atoms with Crippen molar-refractivity contribution in [3.05, 3.63) is 46.4 Å². The Labute approximate surface area is 111 Å². The lowest BCUT2D eigenvalue weighted by molar-refractivity contribution is 0.442. The Hall–Kier alpha value is -2.01. The maximum Gasteiger partial charge on any atom is 0.243 e. The van der Waals surface area contributed by atoms with E-state index in [1.807, 2.05) is 13.8 Å². The summed E-state index contributed by atoms with van der Waals surface area (Å²) in [4.78, 5) is 0. The largest absolute Gasteiger partial charge is 0.437 e. The van der Waals surface area contributed by atoms with E-state index < -0.39 is 0 Å². The van der Waals surface area contributed by atoms with Gasteiger partial charge in [-0.05, 0) is 38.0 Å². The number of ether oxygens (including phenoxy) is 1. The molecule has 0 fully saturated rings. The molecule has 0 saturated heterocycles. The van der Waals surface area contributed by atoms with Crippen LogP contribution < -0.4 is 10.5 Å². The van der Waals surface area contributed by atoms with Gasteiger partial charge in [-0.3, -0.25) is 0 Å². The van der Waals surface area contributed by atoms with Crippen molar-refractivity contribution in [1.82, 2.24) is 10.2 Å². The minimum Gasteiger partial charge on any atom is -0.437 e. The fourth-order valence-electron chi connectivity index (χ4n) is 1.71. The van der Waals surface area contributed by atoms with Gasteiger partial charge in [0.05, 0.1) is 5.69 Å². The zero-order valence-electron chi connectivity index (χ0n) is 11.2. The van der Waals surface area contributed by atoms with Gasteiger partial charge in [0, 0.05) is 18.2 Å². The van der Waals surface area contributed by atoms with Crippen LogP contribution in [-0.4, -0.2) is 10.2 Å². The van der Waals surface area contributed by atoms with E-state index in [-0.39, 0.29) is 5.82 Å². The molecule has 19 heavy (non-hydrogen) atoms. The molecular formula is C14H16FN3O. The Morgan fingerprint density at radius 1 is 1.21 bits per heavy atom. The molecule has 1 heterocycles. The van der Waals surface area contributed by atoms with Crippen molar-refractivity contribution in [3.8, 4) is 11.6 Å². The van der Waals surface area contributed by atoms with E-state index in [0.29, 0.717) is 23.7 Å². The first kappa shape index (κ1) is 13.4. The van der Waals surface area contributed by atoms with Crippen molar-refractivity contribution in [2.24, 2.45) is 5.73 Å². The molecule has 0 saturated carbocycles. The van der Waals surface area contributed by atoms with Gasteiger partial charge in [-0.2, -0.15) is 5.10 Å². The molecule has 0 atom stereocenters. The number of aryl methyl sites for hydroxylation is 2. The second-order valence-electron chi connectivity index (χ2n) is 4.41. The molecule has 100 valence electrons. The summed E-state index contributed by atoms with van der Waals surface area (Å²) in [5, 5.41) is 7.98. The number of nitrogens with two attached hydrogens (primary N) is 1. The highest BCUT2D eigenvalue weighted by Gasteiger charge is 2.12. The van der Waals surface area contributed by atoms with Gasteiger partial charge in [-0.15, -0.1) is 5.10 Å². The maximum absolute atomic E-state index is 13.5. The Bertz CT molecular complexity index is 614. The van der Waals surface area contributed by atoms with Gasteiger partial charge in [-0.1, -0.05) is 6.07 Å². The lowest BCUT2D eigenvalue weighted by Crippen LogP contribution is -2.07. The van der Waals surface area contributed by atoms with E-state index >= 15 is 0 Å². The van der Waals surface area contributed by atoms with Crippen molar-refractivity contribution in [2.75, 3.05) is 0 Å². The van der Waals surface area contributed by atoms with Gasteiger partial charge in [0.25, 0.3) is 0 Å². The second kappa shape index (κ2) is 5.32. The fourth-order valence-corrected chi connectivity index (χ4v) is 1.71. The molecule has 0 aliphatic rings. The monoisotopic (exact) mass is 261 g/mol. The molecule has 0 radical (unpaired) electrons. The van der Waals surface area contributed by atoms with Crippen LogP contribution in [0.3, 0.4) is 0 Å². The van der Waals surface area contributed by atoms with Crippen molar-refractivity contribution in [3.63, 3.8) is 0 Å². The maximum atomic E-state index is 13.5. The molecule has 0 unspecified atom stereocenters. The van der Waals surface area contributed by atoms with E-state index in [2.05, 4.69) is 10.2 Å². The first-order chi connectivity index (χ1) is 9.02. The van der Waals surface area contributed by atoms with Gasteiger partial charge in [-0.25, -0.2) is 4.39 Å². The average molecular weight is 261 g/mol. The van der Waals surface area contributed by atoms with E-state index in [9.17, 15) is 4.39 Å². The molecule has 4 nitrogen and oxygen atoms in total. The summed E-state index contributed by atoms with van der Waals surface area (Å²) in [5.41, 5.74) is 8.81. The molecule has 0 aliphatic carbocycles. The summed E-state index contributed by atoms with van der Waals surface area (Å²) in [6, 6.07) is 4.67. The van der Waals surface area contributed by atoms with Crippen molar-refractivity contribution in [2.45, 2.75) is 27.3 Å². The van der Waals surface area contributed by atoms with Gasteiger partial charge in [0.1, 0.15) is 11.6 Å². The highest BCUT2D eigenvalue weighted by atomic mass is 19.1. The molecule has 0 bridgehead atoms. The molecule has 0 spiro atoms.